The number of ether oxygens (including phenoxy) is 2. The van der Waals surface area contributed by atoms with Crippen LogP contribution in [-0.4, -0.2) is 67.4 Å². The smallest absolute Gasteiger partial charge is 0.138 e. The number of aromatic amines is 2. The summed E-state index contributed by atoms with van der Waals surface area (Å²) in [5.74, 6) is 0.942. The zero-order chi connectivity index (χ0) is 30.9. The molecule has 8 rings (SSSR count). The minimum absolute atomic E-state index is 0.245. The minimum atomic E-state index is -0.345. The zero-order valence-corrected chi connectivity index (χ0v) is 25.6. The quantitative estimate of drug-likeness (QED) is 0.173. The Kier molecular flexibility index (Phi) is 7.79. The lowest BCUT2D eigenvalue weighted by Gasteiger charge is -2.22. The van der Waals surface area contributed by atoms with Crippen LogP contribution in [0.1, 0.15) is 44.9 Å². The van der Waals surface area contributed by atoms with Crippen molar-refractivity contribution in [3.63, 3.8) is 0 Å². The number of rotatable bonds is 9. The largest absolute Gasteiger partial charge is 0.492 e. The first kappa shape index (κ1) is 28.6. The highest BCUT2D eigenvalue weighted by Gasteiger charge is 2.18. The number of aromatic nitrogens is 6. The van der Waals surface area contributed by atoms with Gasteiger partial charge in [-0.15, -0.1) is 0 Å². The minimum Gasteiger partial charge on any atom is -0.492 e. The summed E-state index contributed by atoms with van der Waals surface area (Å²) in [6.45, 7) is 3.57. The fraction of sp³-hybridized carbons (Fsp3) is 0.333. The molecule has 2 fully saturated rings. The fourth-order valence-electron chi connectivity index (χ4n) is 6.79. The molecule has 0 radical (unpaired) electrons. The van der Waals surface area contributed by atoms with Gasteiger partial charge in [-0.3, -0.25) is 25.0 Å². The van der Waals surface area contributed by atoms with Crippen molar-refractivity contribution in [3.05, 3.63) is 73.2 Å². The lowest BCUT2D eigenvalue weighted by atomic mass is 9.98. The van der Waals surface area contributed by atoms with E-state index in [2.05, 4.69) is 30.0 Å². The number of nitrogens with one attached hydrogen (secondary N) is 2. The Morgan fingerprint density at radius 2 is 1.63 bits per heavy atom. The summed E-state index contributed by atoms with van der Waals surface area (Å²) in [7, 11) is 0. The maximum atomic E-state index is 14.8. The molecular weight excluding hydrogens is 581 g/mol. The van der Waals surface area contributed by atoms with Gasteiger partial charge in [0.1, 0.15) is 29.6 Å². The summed E-state index contributed by atoms with van der Waals surface area (Å²) in [4.78, 5) is 19.5. The average molecular weight is 618 g/mol. The van der Waals surface area contributed by atoms with Crippen LogP contribution < -0.4 is 9.47 Å². The highest BCUT2D eigenvalue weighted by Crippen LogP contribution is 2.36. The van der Waals surface area contributed by atoms with Crippen LogP contribution in [0.3, 0.4) is 0 Å². The molecule has 6 heterocycles. The Hall–Kier alpha value is -4.83. The van der Waals surface area contributed by atoms with E-state index < -0.39 is 0 Å². The van der Waals surface area contributed by atoms with Gasteiger partial charge in [-0.2, -0.15) is 5.10 Å². The highest BCUT2D eigenvalue weighted by atomic mass is 19.1. The first-order chi connectivity index (χ1) is 22.7. The molecule has 2 N–H and O–H groups in total. The van der Waals surface area contributed by atoms with Gasteiger partial charge in [-0.05, 0) is 87.5 Å². The van der Waals surface area contributed by atoms with Gasteiger partial charge in [0.05, 0.1) is 47.1 Å². The molecule has 1 aromatic carbocycles. The molecule has 1 aliphatic heterocycles. The highest BCUT2D eigenvalue weighted by molar-refractivity contribution is 6.01. The molecule has 0 bridgehead atoms. The van der Waals surface area contributed by atoms with E-state index in [9.17, 15) is 4.39 Å². The Bertz CT molecular complexity index is 1990. The second kappa shape index (κ2) is 12.5. The van der Waals surface area contributed by atoms with Gasteiger partial charge in [0, 0.05) is 46.9 Å². The first-order valence-corrected chi connectivity index (χ1v) is 16.3. The predicted octanol–water partition coefficient (Wildman–Crippen LogP) is 7.56. The monoisotopic (exact) mass is 617 g/mol. The Morgan fingerprint density at radius 3 is 2.52 bits per heavy atom. The number of nitrogens with zero attached hydrogens (tertiary/aromatic N) is 5. The predicted molar refractivity (Wildman–Crippen MR) is 176 cm³/mol. The van der Waals surface area contributed by atoms with Crippen LogP contribution in [0.2, 0.25) is 0 Å². The second-order valence-electron chi connectivity index (χ2n) is 12.4. The van der Waals surface area contributed by atoms with Gasteiger partial charge in [0.15, 0.2) is 0 Å². The normalized spacial score (nSPS) is 16.0. The van der Waals surface area contributed by atoms with Crippen molar-refractivity contribution < 1.29 is 13.9 Å². The van der Waals surface area contributed by atoms with E-state index in [1.807, 2.05) is 30.5 Å². The van der Waals surface area contributed by atoms with Crippen molar-refractivity contribution in [2.75, 3.05) is 26.2 Å². The van der Waals surface area contributed by atoms with Crippen LogP contribution in [0.15, 0.2) is 67.4 Å². The molecule has 0 spiro atoms. The van der Waals surface area contributed by atoms with Gasteiger partial charge in [0.25, 0.3) is 0 Å². The van der Waals surface area contributed by atoms with Gasteiger partial charge in [0.2, 0.25) is 0 Å². The molecule has 46 heavy (non-hydrogen) atoms. The lowest BCUT2D eigenvalue weighted by molar-refractivity contribution is 0.154. The van der Waals surface area contributed by atoms with Gasteiger partial charge >= 0.3 is 0 Å². The maximum Gasteiger partial charge on any atom is 0.138 e. The summed E-state index contributed by atoms with van der Waals surface area (Å²) in [5, 5.41) is 9.60. The van der Waals surface area contributed by atoms with Crippen LogP contribution >= 0.6 is 0 Å². The summed E-state index contributed by atoms with van der Waals surface area (Å²) in [6, 6.07) is 10.9. The molecular formula is C36H36FN7O2. The summed E-state index contributed by atoms with van der Waals surface area (Å²) >= 11 is 0. The third-order valence-corrected chi connectivity index (χ3v) is 9.17. The van der Waals surface area contributed by atoms with Crippen molar-refractivity contribution in [2.24, 2.45) is 0 Å². The van der Waals surface area contributed by atoms with E-state index in [0.29, 0.717) is 17.9 Å². The average Bonchev–Trinajstić information content (AvgIpc) is 3.85. The lowest BCUT2D eigenvalue weighted by Crippen LogP contribution is -2.25. The molecule has 5 aromatic heterocycles. The third-order valence-electron chi connectivity index (χ3n) is 9.17. The molecule has 1 saturated heterocycles. The van der Waals surface area contributed by atoms with Crippen LogP contribution in [-0.2, 0) is 0 Å². The van der Waals surface area contributed by atoms with Gasteiger partial charge in [-0.1, -0.05) is 6.42 Å². The summed E-state index contributed by atoms with van der Waals surface area (Å²) in [5.41, 5.74) is 6.41. The molecule has 1 saturated carbocycles. The van der Waals surface area contributed by atoms with E-state index in [1.54, 1.807) is 24.8 Å². The maximum absolute atomic E-state index is 14.8. The number of H-pyrrole nitrogens is 2. The van der Waals surface area contributed by atoms with E-state index >= 15 is 0 Å². The second-order valence-corrected chi connectivity index (χ2v) is 12.4. The first-order valence-electron chi connectivity index (χ1n) is 16.3. The van der Waals surface area contributed by atoms with Crippen LogP contribution in [0, 0.1) is 5.82 Å². The molecule has 0 unspecified atom stereocenters. The van der Waals surface area contributed by atoms with E-state index in [4.69, 9.17) is 14.5 Å². The molecule has 10 heteroatoms. The zero-order valence-electron chi connectivity index (χ0n) is 25.6. The number of hydrogen-bond acceptors (Lipinski definition) is 7. The van der Waals surface area contributed by atoms with Gasteiger partial charge < -0.3 is 14.5 Å². The molecule has 2 aliphatic rings. The fourth-order valence-corrected chi connectivity index (χ4v) is 6.79. The number of fused-ring (bicyclic) bond motifs is 2. The van der Waals surface area contributed by atoms with Crippen molar-refractivity contribution in [2.45, 2.75) is 51.0 Å². The summed E-state index contributed by atoms with van der Waals surface area (Å²) in [6.07, 6.45) is 17.5. The molecule has 234 valence electrons. The number of likely N-dealkylation sites (tertiary alicyclic amines) is 1. The van der Waals surface area contributed by atoms with Crippen LogP contribution in [0.25, 0.3) is 55.6 Å². The number of halogens is 1. The third kappa shape index (κ3) is 5.92. The SMILES string of the molecule is Fc1cc(OCCN2CCCC2)cc(-c2cncc3[nH]c(-c4n[nH]c5cnc(-c6cncc(OC7CCCCC7)c6)cc45)cc23)c1. The number of pyridine rings is 3. The van der Waals surface area contributed by atoms with Crippen molar-refractivity contribution >= 4 is 21.8 Å². The molecule has 1 aliphatic carbocycles. The summed E-state index contributed by atoms with van der Waals surface area (Å²) < 4.78 is 27.1. The van der Waals surface area contributed by atoms with Crippen molar-refractivity contribution in [1.82, 2.24) is 35.0 Å². The van der Waals surface area contributed by atoms with Crippen molar-refractivity contribution in [1.29, 1.82) is 0 Å². The molecule has 0 atom stereocenters. The van der Waals surface area contributed by atoms with Crippen LogP contribution in [0.4, 0.5) is 4.39 Å². The molecule has 9 nitrogen and oxygen atoms in total. The Morgan fingerprint density at radius 1 is 0.783 bits per heavy atom. The van der Waals surface area contributed by atoms with E-state index in [1.165, 1.54) is 44.2 Å². The topological polar surface area (TPSA) is 105 Å². The number of hydrogen-bond donors (Lipinski definition) is 2. The van der Waals surface area contributed by atoms with E-state index in [0.717, 1.165) is 88.2 Å². The number of benzene rings is 1. The van der Waals surface area contributed by atoms with Gasteiger partial charge in [-0.25, -0.2) is 4.39 Å². The van der Waals surface area contributed by atoms with E-state index in [-0.39, 0.29) is 11.9 Å². The Labute approximate surface area is 266 Å². The Balaban J connectivity index is 1.08. The molecule has 6 aromatic rings. The van der Waals surface area contributed by atoms with Crippen LogP contribution in [0.5, 0.6) is 11.5 Å². The standard InChI is InChI=1S/C36H36FN7O2/c37-25-12-23(13-27(15-25)45-11-10-44-8-4-5-9-44)31-20-39-21-34-29(31)16-33(41-34)36-30-17-32(40-22-35(30)42-43-36)24-14-28(19-38-18-24)46-26-6-2-1-3-7-26/h12-22,26,41H,1-11H2,(H,42,43). The molecule has 0 amide bonds. The van der Waals surface area contributed by atoms with Crippen molar-refractivity contribution in [3.8, 4) is 45.3 Å².